The molecule has 1 aromatic carbocycles. The first-order chi connectivity index (χ1) is 11.5. The van der Waals surface area contributed by atoms with Gasteiger partial charge in [-0.25, -0.2) is 8.42 Å². The molecule has 1 heterocycles. The summed E-state index contributed by atoms with van der Waals surface area (Å²) >= 11 is 0. The van der Waals surface area contributed by atoms with Gasteiger partial charge in [0.05, 0.1) is 11.5 Å². The van der Waals surface area contributed by atoms with Crippen LogP contribution in [0.15, 0.2) is 24.3 Å². The molecule has 1 unspecified atom stereocenters. The smallest absolute Gasteiger partial charge is 0.237 e. The van der Waals surface area contributed by atoms with Gasteiger partial charge in [0.15, 0.2) is 9.84 Å². The van der Waals surface area contributed by atoms with Crippen LogP contribution in [0.4, 0.5) is 0 Å². The lowest BCUT2D eigenvalue weighted by Crippen LogP contribution is -2.51. The van der Waals surface area contributed by atoms with Crippen molar-refractivity contribution in [2.45, 2.75) is 39.8 Å². The molecule has 0 bridgehead atoms. The topological polar surface area (TPSA) is 83.6 Å². The molecule has 0 saturated carbocycles. The fourth-order valence-electron chi connectivity index (χ4n) is 3.01. The first-order valence-corrected chi connectivity index (χ1v) is 10.2. The highest BCUT2D eigenvalue weighted by molar-refractivity contribution is 7.91. The third-order valence-corrected chi connectivity index (χ3v) is 6.46. The van der Waals surface area contributed by atoms with Gasteiger partial charge in [0, 0.05) is 19.6 Å². The molecular weight excluding hydrogens is 340 g/mol. The van der Waals surface area contributed by atoms with Crippen LogP contribution in [-0.2, 0) is 26.0 Å². The monoisotopic (exact) mass is 366 g/mol. The SMILES string of the molecule is Cc1cccc(CNC(=O)C(C)(C)C(=O)N(C)C2CCS(=O)(=O)C2)c1. The molecule has 1 aliphatic rings. The van der Waals surface area contributed by atoms with Crippen molar-refractivity contribution in [3.8, 4) is 0 Å². The summed E-state index contributed by atoms with van der Waals surface area (Å²) in [6.07, 6.45) is 0.422. The molecule has 6 nitrogen and oxygen atoms in total. The standard InChI is InChI=1S/C18H26N2O4S/c1-13-6-5-7-14(10-13)11-19-16(21)18(2,3)17(22)20(4)15-8-9-25(23,24)12-15/h5-7,10,15H,8-9,11-12H2,1-4H3,(H,19,21). The maximum absolute atomic E-state index is 12.7. The number of amides is 2. The molecule has 1 N–H and O–H groups in total. The molecule has 2 amide bonds. The quantitative estimate of drug-likeness (QED) is 0.796. The third-order valence-electron chi connectivity index (χ3n) is 4.71. The van der Waals surface area contributed by atoms with Gasteiger partial charge in [-0.3, -0.25) is 9.59 Å². The van der Waals surface area contributed by atoms with Crippen LogP contribution in [-0.4, -0.2) is 49.7 Å². The lowest BCUT2D eigenvalue weighted by molar-refractivity contribution is -0.148. The predicted molar refractivity (Wildman–Crippen MR) is 96.6 cm³/mol. The van der Waals surface area contributed by atoms with Crippen LogP contribution in [0.25, 0.3) is 0 Å². The van der Waals surface area contributed by atoms with E-state index in [9.17, 15) is 18.0 Å². The second kappa shape index (κ2) is 7.15. The van der Waals surface area contributed by atoms with Crippen LogP contribution >= 0.6 is 0 Å². The van der Waals surface area contributed by atoms with Gasteiger partial charge in [-0.1, -0.05) is 29.8 Å². The van der Waals surface area contributed by atoms with Gasteiger partial charge in [0.1, 0.15) is 5.41 Å². The van der Waals surface area contributed by atoms with E-state index < -0.39 is 15.3 Å². The second-order valence-corrected chi connectivity index (χ2v) is 9.50. The lowest BCUT2D eigenvalue weighted by Gasteiger charge is -2.31. The highest BCUT2D eigenvalue weighted by Gasteiger charge is 2.42. The molecule has 1 aromatic rings. The van der Waals surface area contributed by atoms with E-state index in [4.69, 9.17) is 0 Å². The first kappa shape index (κ1) is 19.4. The number of carbonyl (C=O) groups excluding carboxylic acids is 2. The molecule has 1 saturated heterocycles. The third kappa shape index (κ3) is 4.60. The number of rotatable bonds is 5. The molecule has 1 atom stereocenters. The van der Waals surface area contributed by atoms with Crippen molar-refractivity contribution in [3.05, 3.63) is 35.4 Å². The van der Waals surface area contributed by atoms with Crippen LogP contribution in [0.3, 0.4) is 0 Å². The van der Waals surface area contributed by atoms with Crippen LogP contribution < -0.4 is 5.32 Å². The van der Waals surface area contributed by atoms with Crippen LogP contribution in [0.5, 0.6) is 0 Å². The average molecular weight is 366 g/mol. The number of hydrogen-bond acceptors (Lipinski definition) is 4. The number of sulfone groups is 1. The number of hydrogen-bond donors (Lipinski definition) is 1. The minimum atomic E-state index is -3.08. The van der Waals surface area contributed by atoms with Crippen molar-refractivity contribution >= 4 is 21.7 Å². The highest BCUT2D eigenvalue weighted by atomic mass is 32.2. The molecule has 138 valence electrons. The van der Waals surface area contributed by atoms with Gasteiger partial charge in [-0.05, 0) is 32.8 Å². The Kier molecular flexibility index (Phi) is 5.56. The molecule has 7 heteroatoms. The highest BCUT2D eigenvalue weighted by Crippen LogP contribution is 2.24. The van der Waals surface area contributed by atoms with E-state index in [1.807, 2.05) is 31.2 Å². The van der Waals surface area contributed by atoms with Crippen molar-refractivity contribution in [3.63, 3.8) is 0 Å². The summed E-state index contributed by atoms with van der Waals surface area (Å²) in [4.78, 5) is 26.7. The number of aryl methyl sites for hydroxylation is 1. The number of benzene rings is 1. The Bertz CT molecular complexity index is 771. The van der Waals surface area contributed by atoms with E-state index >= 15 is 0 Å². The number of nitrogens with one attached hydrogen (secondary N) is 1. The first-order valence-electron chi connectivity index (χ1n) is 8.34. The normalized spacial score (nSPS) is 19.4. The van der Waals surface area contributed by atoms with Gasteiger partial charge in [0.2, 0.25) is 11.8 Å². The van der Waals surface area contributed by atoms with E-state index in [-0.39, 0.29) is 29.4 Å². The van der Waals surface area contributed by atoms with Gasteiger partial charge >= 0.3 is 0 Å². The number of nitrogens with zero attached hydrogens (tertiary/aromatic N) is 1. The summed E-state index contributed by atoms with van der Waals surface area (Å²) in [5, 5.41) is 2.80. The van der Waals surface area contributed by atoms with Crippen LogP contribution in [0.2, 0.25) is 0 Å². The summed E-state index contributed by atoms with van der Waals surface area (Å²) in [5.74, 6) is -0.672. The van der Waals surface area contributed by atoms with Gasteiger partial charge < -0.3 is 10.2 Å². The Hall–Kier alpha value is -1.89. The summed E-state index contributed by atoms with van der Waals surface area (Å²) in [7, 11) is -1.51. The molecule has 1 aliphatic heterocycles. The Morgan fingerprint density at radius 3 is 2.56 bits per heavy atom. The molecule has 0 aliphatic carbocycles. The summed E-state index contributed by atoms with van der Waals surface area (Å²) in [6.45, 7) is 5.46. The fourth-order valence-corrected chi connectivity index (χ4v) is 4.78. The van der Waals surface area contributed by atoms with Gasteiger partial charge in [-0.2, -0.15) is 0 Å². The summed E-state index contributed by atoms with van der Waals surface area (Å²) in [5.41, 5.74) is 0.807. The molecule has 0 spiro atoms. The number of carbonyl (C=O) groups is 2. The minimum Gasteiger partial charge on any atom is -0.351 e. The van der Waals surface area contributed by atoms with E-state index in [0.717, 1.165) is 11.1 Å². The molecule has 0 radical (unpaired) electrons. The van der Waals surface area contributed by atoms with Crippen molar-refractivity contribution in [1.29, 1.82) is 0 Å². The minimum absolute atomic E-state index is 0.0315. The van der Waals surface area contributed by atoms with Crippen LogP contribution in [0, 0.1) is 12.3 Å². The average Bonchev–Trinajstić information content (AvgIpc) is 2.91. The zero-order valence-electron chi connectivity index (χ0n) is 15.2. The van der Waals surface area contributed by atoms with E-state index in [0.29, 0.717) is 13.0 Å². The Morgan fingerprint density at radius 2 is 2.00 bits per heavy atom. The van der Waals surface area contributed by atoms with E-state index in [1.54, 1.807) is 20.9 Å². The lowest BCUT2D eigenvalue weighted by atomic mass is 9.89. The molecule has 25 heavy (non-hydrogen) atoms. The van der Waals surface area contributed by atoms with Gasteiger partial charge in [-0.15, -0.1) is 0 Å². The molecular formula is C18H26N2O4S. The predicted octanol–water partition coefficient (Wildman–Crippen LogP) is 1.28. The Balaban J connectivity index is 2.00. The fraction of sp³-hybridized carbons (Fsp3) is 0.556. The van der Waals surface area contributed by atoms with Crippen molar-refractivity contribution in [1.82, 2.24) is 10.2 Å². The maximum Gasteiger partial charge on any atom is 0.237 e. The Labute approximate surface area is 149 Å². The van der Waals surface area contributed by atoms with Crippen molar-refractivity contribution < 1.29 is 18.0 Å². The van der Waals surface area contributed by atoms with Crippen molar-refractivity contribution in [2.75, 3.05) is 18.6 Å². The zero-order valence-corrected chi connectivity index (χ0v) is 16.0. The zero-order chi connectivity index (χ0) is 18.8. The van der Waals surface area contributed by atoms with Gasteiger partial charge in [0.25, 0.3) is 0 Å². The van der Waals surface area contributed by atoms with E-state index in [1.165, 1.54) is 4.90 Å². The van der Waals surface area contributed by atoms with Crippen molar-refractivity contribution in [2.24, 2.45) is 5.41 Å². The van der Waals surface area contributed by atoms with E-state index in [2.05, 4.69) is 5.32 Å². The second-order valence-electron chi connectivity index (χ2n) is 7.27. The molecule has 1 fully saturated rings. The summed E-state index contributed by atoms with van der Waals surface area (Å²) < 4.78 is 23.2. The largest absolute Gasteiger partial charge is 0.351 e. The molecule has 0 aromatic heterocycles. The summed E-state index contributed by atoms with van der Waals surface area (Å²) in [6, 6.07) is 7.42. The Morgan fingerprint density at radius 1 is 1.32 bits per heavy atom. The van der Waals surface area contributed by atoms with Crippen LogP contribution in [0.1, 0.15) is 31.4 Å². The maximum atomic E-state index is 12.7. The molecule has 2 rings (SSSR count).